The molecule has 2 atom stereocenters. The van der Waals surface area contributed by atoms with Gasteiger partial charge in [-0.05, 0) is 50.5 Å². The van der Waals surface area contributed by atoms with Crippen molar-refractivity contribution in [2.75, 3.05) is 19.0 Å². The Morgan fingerprint density at radius 2 is 2.04 bits per heavy atom. The van der Waals surface area contributed by atoms with E-state index in [1.54, 1.807) is 7.11 Å². The van der Waals surface area contributed by atoms with Crippen LogP contribution in [-0.4, -0.2) is 31.8 Å². The molecule has 1 spiro atoms. The number of methoxy groups -OCH3 is 1. The van der Waals surface area contributed by atoms with Crippen LogP contribution in [0.4, 0.5) is 5.69 Å². The minimum atomic E-state index is 0. The molecule has 2 unspecified atom stereocenters. The molecule has 128 valence electrons. The molecule has 2 saturated carbocycles. The summed E-state index contributed by atoms with van der Waals surface area (Å²) in [6, 6.07) is 7.96. The molecule has 0 aromatic heterocycles. The van der Waals surface area contributed by atoms with E-state index in [0.29, 0.717) is 18.1 Å². The van der Waals surface area contributed by atoms with Crippen LogP contribution in [0, 0.1) is 5.41 Å². The van der Waals surface area contributed by atoms with Crippen LogP contribution >= 0.6 is 24.0 Å². The van der Waals surface area contributed by atoms with Crippen molar-refractivity contribution < 1.29 is 9.47 Å². The number of hydrogen-bond donors (Lipinski definition) is 2. The monoisotopic (exact) mass is 431 g/mol. The Morgan fingerprint density at radius 1 is 1.35 bits per heavy atom. The zero-order valence-electron chi connectivity index (χ0n) is 13.7. The highest BCUT2D eigenvalue weighted by Crippen LogP contribution is 2.58. The number of nitrogens with two attached hydrogens (primary N) is 1. The fourth-order valence-corrected chi connectivity index (χ4v) is 3.61. The van der Waals surface area contributed by atoms with Gasteiger partial charge in [-0.15, -0.1) is 24.0 Å². The largest absolute Gasteiger partial charge is 0.497 e. The molecule has 0 heterocycles. The lowest BCUT2D eigenvalue weighted by molar-refractivity contribution is -0.162. The molecule has 2 fully saturated rings. The third-order valence-corrected chi connectivity index (χ3v) is 5.05. The summed E-state index contributed by atoms with van der Waals surface area (Å²) in [4.78, 5) is 4.70. The second-order valence-electron chi connectivity index (χ2n) is 6.15. The summed E-state index contributed by atoms with van der Waals surface area (Å²) in [6.07, 6.45) is 5.05. The molecule has 0 bridgehead atoms. The van der Waals surface area contributed by atoms with Crippen molar-refractivity contribution in [3.05, 3.63) is 24.3 Å². The third kappa shape index (κ3) is 3.57. The van der Waals surface area contributed by atoms with Gasteiger partial charge in [0.2, 0.25) is 0 Å². The Hall–Kier alpha value is -1.02. The van der Waals surface area contributed by atoms with Gasteiger partial charge in [-0.1, -0.05) is 6.42 Å². The van der Waals surface area contributed by atoms with Gasteiger partial charge in [0.15, 0.2) is 5.96 Å². The van der Waals surface area contributed by atoms with Gasteiger partial charge >= 0.3 is 0 Å². The van der Waals surface area contributed by atoms with Crippen molar-refractivity contribution in [3.63, 3.8) is 0 Å². The van der Waals surface area contributed by atoms with E-state index in [9.17, 15) is 0 Å². The van der Waals surface area contributed by atoms with Crippen LogP contribution < -0.4 is 15.8 Å². The Balaban J connectivity index is 0.00000192. The van der Waals surface area contributed by atoms with Gasteiger partial charge in [-0.2, -0.15) is 0 Å². The first-order chi connectivity index (χ1) is 10.7. The van der Waals surface area contributed by atoms with Crippen molar-refractivity contribution >= 4 is 35.6 Å². The number of nitrogens with zero attached hydrogens (tertiary/aromatic N) is 1. The van der Waals surface area contributed by atoms with Gasteiger partial charge in [0, 0.05) is 17.7 Å². The first-order valence-electron chi connectivity index (χ1n) is 8.04. The number of nitrogens with one attached hydrogen (secondary N) is 1. The quantitative estimate of drug-likeness (QED) is 0.426. The average molecular weight is 431 g/mol. The minimum Gasteiger partial charge on any atom is -0.497 e. The predicted octanol–water partition coefficient (Wildman–Crippen LogP) is 3.39. The van der Waals surface area contributed by atoms with Crippen molar-refractivity contribution in [2.24, 2.45) is 16.1 Å². The van der Waals surface area contributed by atoms with Crippen LogP contribution in [0.2, 0.25) is 0 Å². The smallest absolute Gasteiger partial charge is 0.193 e. The van der Waals surface area contributed by atoms with Crippen molar-refractivity contribution in [3.8, 4) is 5.75 Å². The summed E-state index contributed by atoms with van der Waals surface area (Å²) in [5.74, 6) is 1.31. The topological polar surface area (TPSA) is 68.9 Å². The van der Waals surface area contributed by atoms with E-state index in [0.717, 1.165) is 24.5 Å². The number of halogens is 1. The number of rotatable bonds is 5. The number of hydrogen-bond acceptors (Lipinski definition) is 3. The Bertz CT molecular complexity index is 543. The lowest BCUT2D eigenvalue weighted by atomic mass is 9.51. The number of guanidine groups is 1. The first kappa shape index (κ1) is 18.3. The van der Waals surface area contributed by atoms with E-state index in [4.69, 9.17) is 20.2 Å². The molecule has 23 heavy (non-hydrogen) atoms. The summed E-state index contributed by atoms with van der Waals surface area (Å²) >= 11 is 0. The van der Waals surface area contributed by atoms with Gasteiger partial charge in [-0.3, -0.25) is 0 Å². The molecule has 1 aromatic carbocycles. The fraction of sp³-hybridized carbons (Fsp3) is 0.588. The maximum Gasteiger partial charge on any atom is 0.193 e. The Morgan fingerprint density at radius 3 is 2.57 bits per heavy atom. The summed E-state index contributed by atoms with van der Waals surface area (Å²) in [5.41, 5.74) is 7.25. The van der Waals surface area contributed by atoms with Crippen molar-refractivity contribution in [1.29, 1.82) is 0 Å². The fourth-order valence-electron chi connectivity index (χ4n) is 3.61. The third-order valence-electron chi connectivity index (χ3n) is 5.05. The van der Waals surface area contributed by atoms with E-state index in [-0.39, 0.29) is 29.4 Å². The Labute approximate surface area is 155 Å². The molecular weight excluding hydrogens is 405 g/mol. The van der Waals surface area contributed by atoms with Gasteiger partial charge in [-0.25, -0.2) is 4.99 Å². The van der Waals surface area contributed by atoms with Gasteiger partial charge in [0.25, 0.3) is 0 Å². The molecule has 0 amide bonds. The number of anilines is 1. The zero-order chi connectivity index (χ0) is 15.6. The van der Waals surface area contributed by atoms with E-state index in [1.807, 2.05) is 24.3 Å². The molecule has 0 radical (unpaired) electrons. The van der Waals surface area contributed by atoms with Crippen LogP contribution in [0.15, 0.2) is 29.3 Å². The van der Waals surface area contributed by atoms with Gasteiger partial charge in [0.1, 0.15) is 5.75 Å². The molecule has 6 heteroatoms. The second kappa shape index (κ2) is 7.70. The lowest BCUT2D eigenvalue weighted by Gasteiger charge is -2.59. The van der Waals surface area contributed by atoms with Crippen molar-refractivity contribution in [2.45, 2.75) is 44.8 Å². The molecule has 2 aliphatic carbocycles. The summed E-state index contributed by atoms with van der Waals surface area (Å²) in [6.45, 7) is 2.84. The maximum atomic E-state index is 6.07. The highest BCUT2D eigenvalue weighted by molar-refractivity contribution is 14.0. The second-order valence-corrected chi connectivity index (χ2v) is 6.15. The molecular formula is C17H26IN3O2. The van der Waals surface area contributed by atoms with E-state index in [1.165, 1.54) is 19.3 Å². The molecule has 5 nitrogen and oxygen atoms in total. The van der Waals surface area contributed by atoms with Crippen molar-refractivity contribution in [1.82, 2.24) is 0 Å². The number of aliphatic imine (C=N–C) groups is 1. The summed E-state index contributed by atoms with van der Waals surface area (Å²) < 4.78 is 11.0. The number of ether oxygens (including phenoxy) is 2. The van der Waals surface area contributed by atoms with E-state index in [2.05, 4.69) is 12.2 Å². The van der Waals surface area contributed by atoms with Crippen LogP contribution in [-0.2, 0) is 4.74 Å². The average Bonchev–Trinajstić information content (AvgIpc) is 2.45. The van der Waals surface area contributed by atoms with Crippen LogP contribution in [0.3, 0.4) is 0 Å². The standard InChI is InChI=1S/C17H25N3O2.HI/c1-3-22-15-11-14(17(15)9-4-10-17)20-16(18)19-12-5-7-13(21-2)8-6-12;/h5-8,14-15H,3-4,9-11H2,1-2H3,(H3,18,19,20);1H. The molecule has 3 rings (SSSR count). The summed E-state index contributed by atoms with van der Waals surface area (Å²) in [7, 11) is 1.65. The Kier molecular flexibility index (Phi) is 6.13. The predicted molar refractivity (Wildman–Crippen MR) is 104 cm³/mol. The first-order valence-corrected chi connectivity index (χ1v) is 8.04. The number of benzene rings is 1. The molecule has 2 aliphatic rings. The highest BCUT2D eigenvalue weighted by Gasteiger charge is 2.59. The molecule has 0 aliphatic heterocycles. The van der Waals surface area contributed by atoms with E-state index >= 15 is 0 Å². The highest BCUT2D eigenvalue weighted by atomic mass is 127. The normalized spacial score (nSPS) is 25.0. The van der Waals surface area contributed by atoms with Crippen LogP contribution in [0.5, 0.6) is 5.75 Å². The zero-order valence-corrected chi connectivity index (χ0v) is 16.1. The molecule has 3 N–H and O–H groups in total. The van der Waals surface area contributed by atoms with Crippen LogP contribution in [0.1, 0.15) is 32.6 Å². The maximum absolute atomic E-state index is 6.07. The molecule has 1 aromatic rings. The van der Waals surface area contributed by atoms with Crippen LogP contribution in [0.25, 0.3) is 0 Å². The molecule has 0 saturated heterocycles. The lowest BCUT2D eigenvalue weighted by Crippen LogP contribution is -2.61. The van der Waals surface area contributed by atoms with Gasteiger partial charge < -0.3 is 20.5 Å². The minimum absolute atomic E-state index is 0. The SMILES string of the molecule is CCOC1CC(N=C(N)Nc2ccc(OC)cc2)C12CCC2.I. The van der Waals surface area contributed by atoms with E-state index < -0.39 is 0 Å². The van der Waals surface area contributed by atoms with Gasteiger partial charge in [0.05, 0.1) is 19.3 Å². The summed E-state index contributed by atoms with van der Waals surface area (Å²) in [5, 5.41) is 3.16.